The molecule has 32 heavy (non-hydrogen) atoms. The van der Waals surface area contributed by atoms with Crippen LogP contribution < -0.4 is 9.47 Å². The average molecular weight is 434 g/mol. The van der Waals surface area contributed by atoms with Crippen LogP contribution in [-0.4, -0.2) is 40.3 Å². The minimum Gasteiger partial charge on any atom is -0.490 e. The first-order valence-corrected chi connectivity index (χ1v) is 12.3. The van der Waals surface area contributed by atoms with Crippen molar-refractivity contribution in [3.8, 4) is 11.5 Å². The molecule has 0 unspecified atom stereocenters. The van der Waals surface area contributed by atoms with Crippen LogP contribution in [0.2, 0.25) is 0 Å². The number of hydrogen-bond donors (Lipinski definition) is 0. The Morgan fingerprint density at radius 3 is 2.53 bits per heavy atom. The lowest BCUT2D eigenvalue weighted by Crippen LogP contribution is -2.34. The van der Waals surface area contributed by atoms with Crippen molar-refractivity contribution in [3.05, 3.63) is 53.9 Å². The van der Waals surface area contributed by atoms with Crippen LogP contribution >= 0.6 is 0 Å². The summed E-state index contributed by atoms with van der Waals surface area (Å²) in [5.41, 5.74) is 3.67. The lowest BCUT2D eigenvalue weighted by Gasteiger charge is -2.33. The molecule has 2 heterocycles. The number of piperidine rings is 1. The number of aryl methyl sites for hydroxylation is 1. The molecule has 1 saturated carbocycles. The highest BCUT2D eigenvalue weighted by atomic mass is 16.5. The third-order valence-electron chi connectivity index (χ3n) is 7.00. The van der Waals surface area contributed by atoms with Gasteiger partial charge in [0.2, 0.25) is 0 Å². The van der Waals surface area contributed by atoms with Crippen molar-refractivity contribution in [2.45, 2.75) is 71.1 Å². The zero-order valence-electron chi connectivity index (χ0n) is 19.4. The first-order chi connectivity index (χ1) is 15.7. The molecular weight excluding hydrogens is 398 g/mol. The fourth-order valence-electron chi connectivity index (χ4n) is 5.42. The van der Waals surface area contributed by atoms with Crippen molar-refractivity contribution in [1.82, 2.24) is 14.5 Å². The molecule has 5 heteroatoms. The summed E-state index contributed by atoms with van der Waals surface area (Å²) in [6.45, 7) is 7.99. The first kappa shape index (κ1) is 21.3. The molecule has 2 aliphatic rings. The van der Waals surface area contributed by atoms with Gasteiger partial charge in [0.25, 0.3) is 0 Å². The van der Waals surface area contributed by atoms with Crippen LogP contribution in [0.15, 0.2) is 42.5 Å². The molecular formula is C27H35N3O2. The maximum atomic E-state index is 6.26. The molecule has 2 fully saturated rings. The van der Waals surface area contributed by atoms with Crippen molar-refractivity contribution in [2.24, 2.45) is 0 Å². The van der Waals surface area contributed by atoms with Gasteiger partial charge in [-0.15, -0.1) is 0 Å². The van der Waals surface area contributed by atoms with E-state index in [0.717, 1.165) is 68.2 Å². The molecule has 0 spiro atoms. The minimum atomic E-state index is 0.349. The Bertz CT molecular complexity index is 1050. The smallest absolute Gasteiger partial charge is 0.161 e. The number of ether oxygens (including phenoxy) is 2. The zero-order valence-corrected chi connectivity index (χ0v) is 19.4. The van der Waals surface area contributed by atoms with E-state index in [0.29, 0.717) is 18.8 Å². The predicted molar refractivity (Wildman–Crippen MR) is 129 cm³/mol. The molecule has 1 saturated heterocycles. The van der Waals surface area contributed by atoms with E-state index in [1.165, 1.54) is 23.9 Å². The van der Waals surface area contributed by atoms with Crippen molar-refractivity contribution in [2.75, 3.05) is 19.7 Å². The summed E-state index contributed by atoms with van der Waals surface area (Å²) in [4.78, 5) is 7.33. The quantitative estimate of drug-likeness (QED) is 0.465. The molecule has 2 aromatic carbocycles. The molecule has 0 radical (unpaired) electrons. The van der Waals surface area contributed by atoms with Gasteiger partial charge in [0.1, 0.15) is 5.82 Å². The summed E-state index contributed by atoms with van der Waals surface area (Å²) in [6.07, 6.45) is 7.53. The van der Waals surface area contributed by atoms with Crippen LogP contribution in [0.25, 0.3) is 11.0 Å². The van der Waals surface area contributed by atoms with Crippen LogP contribution in [0.5, 0.6) is 11.5 Å². The molecule has 1 aromatic heterocycles. The number of fused-ring (bicyclic) bond motifs is 1. The Morgan fingerprint density at radius 2 is 1.75 bits per heavy atom. The predicted octanol–water partition coefficient (Wildman–Crippen LogP) is 5.90. The Hall–Kier alpha value is -2.53. The van der Waals surface area contributed by atoms with E-state index in [1.54, 1.807) is 0 Å². The van der Waals surface area contributed by atoms with E-state index in [9.17, 15) is 0 Å². The molecule has 0 atom stereocenters. The Balaban J connectivity index is 1.23. The van der Waals surface area contributed by atoms with Gasteiger partial charge in [-0.2, -0.15) is 0 Å². The summed E-state index contributed by atoms with van der Waals surface area (Å²) in [5.74, 6) is 2.93. The number of benzene rings is 2. The number of rotatable bonds is 7. The summed E-state index contributed by atoms with van der Waals surface area (Å²) >= 11 is 0. The van der Waals surface area contributed by atoms with Gasteiger partial charge in [0.15, 0.2) is 11.5 Å². The van der Waals surface area contributed by atoms with E-state index in [-0.39, 0.29) is 0 Å². The monoisotopic (exact) mass is 433 g/mol. The fourth-order valence-corrected chi connectivity index (χ4v) is 5.42. The standard InChI is InChI=1S/C27H35N3O2/c1-3-31-27-18-21(12-13-26(27)32-23-8-4-5-9-23)19-29-16-14-22(15-17-29)30-20(2)28-24-10-6-7-11-25(24)30/h6-7,10-13,18,22-23H,3-5,8-9,14-17,19H2,1-2H3. The summed E-state index contributed by atoms with van der Waals surface area (Å²) < 4.78 is 14.7. The Morgan fingerprint density at radius 1 is 0.969 bits per heavy atom. The van der Waals surface area contributed by atoms with Crippen molar-refractivity contribution in [3.63, 3.8) is 0 Å². The second-order valence-electron chi connectivity index (χ2n) is 9.26. The number of aromatic nitrogens is 2. The number of likely N-dealkylation sites (tertiary alicyclic amines) is 1. The highest BCUT2D eigenvalue weighted by molar-refractivity contribution is 5.76. The summed E-state index contributed by atoms with van der Waals surface area (Å²) in [5, 5.41) is 0. The van der Waals surface area contributed by atoms with Crippen LogP contribution in [0.4, 0.5) is 0 Å². The van der Waals surface area contributed by atoms with Gasteiger partial charge in [0.05, 0.1) is 23.7 Å². The third kappa shape index (κ3) is 4.49. The molecule has 5 nitrogen and oxygen atoms in total. The minimum absolute atomic E-state index is 0.349. The SMILES string of the molecule is CCOc1cc(CN2CCC(n3c(C)nc4ccccc43)CC2)ccc1OC1CCCC1. The molecule has 1 aliphatic carbocycles. The number of hydrogen-bond acceptors (Lipinski definition) is 4. The second-order valence-corrected chi connectivity index (χ2v) is 9.26. The average Bonchev–Trinajstić information content (AvgIpc) is 3.43. The number of nitrogens with zero attached hydrogens (tertiary/aromatic N) is 3. The molecule has 5 rings (SSSR count). The topological polar surface area (TPSA) is 39.5 Å². The maximum absolute atomic E-state index is 6.26. The zero-order chi connectivity index (χ0) is 21.9. The van der Waals surface area contributed by atoms with Crippen molar-refractivity contribution < 1.29 is 9.47 Å². The van der Waals surface area contributed by atoms with Crippen molar-refractivity contribution >= 4 is 11.0 Å². The Kier molecular flexibility index (Phi) is 6.35. The van der Waals surface area contributed by atoms with E-state index in [2.05, 4.69) is 58.9 Å². The fraction of sp³-hybridized carbons (Fsp3) is 0.519. The number of imidazole rings is 1. The van der Waals surface area contributed by atoms with Gasteiger partial charge in [-0.1, -0.05) is 18.2 Å². The molecule has 170 valence electrons. The summed E-state index contributed by atoms with van der Waals surface area (Å²) in [7, 11) is 0. The summed E-state index contributed by atoms with van der Waals surface area (Å²) in [6, 6.07) is 15.6. The lowest BCUT2D eigenvalue weighted by atomic mass is 10.0. The largest absolute Gasteiger partial charge is 0.490 e. The van der Waals surface area contributed by atoms with E-state index >= 15 is 0 Å². The molecule has 1 aliphatic heterocycles. The van der Waals surface area contributed by atoms with Gasteiger partial charge in [-0.05, 0) is 82.2 Å². The lowest BCUT2D eigenvalue weighted by molar-refractivity contribution is 0.179. The van der Waals surface area contributed by atoms with Crippen LogP contribution in [0, 0.1) is 6.92 Å². The number of para-hydroxylation sites is 2. The molecule has 0 amide bonds. The highest BCUT2D eigenvalue weighted by Crippen LogP contribution is 2.34. The van der Waals surface area contributed by atoms with Gasteiger partial charge in [-0.3, -0.25) is 4.90 Å². The first-order valence-electron chi connectivity index (χ1n) is 12.3. The van der Waals surface area contributed by atoms with Gasteiger partial charge in [-0.25, -0.2) is 4.98 Å². The Labute approximate surface area is 191 Å². The van der Waals surface area contributed by atoms with Crippen molar-refractivity contribution in [1.29, 1.82) is 0 Å². The van der Waals surface area contributed by atoms with Crippen LogP contribution in [-0.2, 0) is 6.54 Å². The van der Waals surface area contributed by atoms with Crippen LogP contribution in [0.3, 0.4) is 0 Å². The maximum Gasteiger partial charge on any atom is 0.161 e. The molecule has 0 bridgehead atoms. The molecule has 0 N–H and O–H groups in total. The molecule has 3 aromatic rings. The van der Waals surface area contributed by atoms with Crippen LogP contribution in [0.1, 0.15) is 62.9 Å². The van der Waals surface area contributed by atoms with Gasteiger partial charge >= 0.3 is 0 Å². The van der Waals surface area contributed by atoms with E-state index < -0.39 is 0 Å². The normalized spacial score (nSPS) is 18.4. The van der Waals surface area contributed by atoms with Gasteiger partial charge in [0, 0.05) is 25.7 Å². The van der Waals surface area contributed by atoms with Gasteiger partial charge < -0.3 is 14.0 Å². The second kappa shape index (κ2) is 9.53. The highest BCUT2D eigenvalue weighted by Gasteiger charge is 2.24. The van der Waals surface area contributed by atoms with E-state index in [4.69, 9.17) is 14.5 Å². The van der Waals surface area contributed by atoms with E-state index in [1.807, 2.05) is 6.92 Å². The third-order valence-corrected chi connectivity index (χ3v) is 7.00.